The molecule has 0 spiro atoms. The lowest BCUT2D eigenvalue weighted by atomic mass is 9.77. The second kappa shape index (κ2) is 3.40. The lowest BCUT2D eigenvalue weighted by Gasteiger charge is -2.34. The first-order chi connectivity index (χ1) is 7.67. The summed E-state index contributed by atoms with van der Waals surface area (Å²) < 4.78 is 5.26. The molecule has 0 unspecified atom stereocenters. The molecule has 2 heterocycles. The lowest BCUT2D eigenvalue weighted by Crippen LogP contribution is -2.44. The maximum absolute atomic E-state index is 6.14. The summed E-state index contributed by atoms with van der Waals surface area (Å²) in [5.41, 5.74) is 5.80. The van der Waals surface area contributed by atoms with Crippen LogP contribution < -0.4 is 5.73 Å². The molecule has 3 rings (SSSR count). The van der Waals surface area contributed by atoms with E-state index in [0.717, 1.165) is 24.1 Å². The SMILES string of the molecule is Cc1ccc(-c2nc(C3(N)CCC3)no2)s1. The highest BCUT2D eigenvalue weighted by Crippen LogP contribution is 2.38. The van der Waals surface area contributed by atoms with Crippen molar-refractivity contribution in [3.8, 4) is 10.8 Å². The van der Waals surface area contributed by atoms with E-state index >= 15 is 0 Å². The van der Waals surface area contributed by atoms with Gasteiger partial charge in [0.1, 0.15) is 0 Å². The molecule has 84 valence electrons. The number of aromatic nitrogens is 2. The van der Waals surface area contributed by atoms with Crippen LogP contribution >= 0.6 is 11.3 Å². The van der Waals surface area contributed by atoms with Crippen LogP contribution in [0.1, 0.15) is 30.0 Å². The molecular weight excluding hydrogens is 222 g/mol. The van der Waals surface area contributed by atoms with Crippen LogP contribution in [0.5, 0.6) is 0 Å². The van der Waals surface area contributed by atoms with Gasteiger partial charge in [-0.25, -0.2) is 0 Å². The lowest BCUT2D eigenvalue weighted by molar-refractivity contribution is 0.229. The van der Waals surface area contributed by atoms with Crippen LogP contribution in [0, 0.1) is 6.92 Å². The Labute approximate surface area is 97.5 Å². The molecule has 1 fully saturated rings. The van der Waals surface area contributed by atoms with Crippen molar-refractivity contribution >= 4 is 11.3 Å². The summed E-state index contributed by atoms with van der Waals surface area (Å²) in [6.07, 6.45) is 3.06. The molecule has 0 bridgehead atoms. The Morgan fingerprint density at radius 2 is 2.25 bits per heavy atom. The van der Waals surface area contributed by atoms with Crippen LogP contribution in [-0.2, 0) is 5.54 Å². The van der Waals surface area contributed by atoms with Gasteiger partial charge < -0.3 is 10.3 Å². The Bertz CT molecular complexity index is 513. The quantitative estimate of drug-likeness (QED) is 0.868. The van der Waals surface area contributed by atoms with Crippen LogP contribution in [0.3, 0.4) is 0 Å². The van der Waals surface area contributed by atoms with Gasteiger partial charge in [-0.3, -0.25) is 0 Å². The summed E-state index contributed by atoms with van der Waals surface area (Å²) in [5, 5.41) is 3.99. The van der Waals surface area contributed by atoms with Crippen molar-refractivity contribution in [2.24, 2.45) is 5.73 Å². The molecule has 0 amide bonds. The summed E-state index contributed by atoms with van der Waals surface area (Å²) in [7, 11) is 0. The molecule has 2 aromatic rings. The van der Waals surface area contributed by atoms with Crippen LogP contribution in [0.15, 0.2) is 16.7 Å². The zero-order valence-corrected chi connectivity index (χ0v) is 9.88. The number of hydrogen-bond donors (Lipinski definition) is 1. The van der Waals surface area contributed by atoms with Crippen molar-refractivity contribution in [3.63, 3.8) is 0 Å². The smallest absolute Gasteiger partial charge is 0.268 e. The fourth-order valence-electron chi connectivity index (χ4n) is 1.86. The second-order valence-corrected chi connectivity index (χ2v) is 5.63. The van der Waals surface area contributed by atoms with E-state index in [-0.39, 0.29) is 5.54 Å². The van der Waals surface area contributed by atoms with Gasteiger partial charge in [-0.2, -0.15) is 4.98 Å². The van der Waals surface area contributed by atoms with E-state index in [4.69, 9.17) is 10.3 Å². The van der Waals surface area contributed by atoms with E-state index in [0.29, 0.717) is 11.7 Å². The maximum Gasteiger partial charge on any atom is 0.268 e. The second-order valence-electron chi connectivity index (χ2n) is 4.34. The fourth-order valence-corrected chi connectivity index (χ4v) is 2.65. The van der Waals surface area contributed by atoms with E-state index in [2.05, 4.69) is 17.1 Å². The monoisotopic (exact) mass is 235 g/mol. The third-order valence-corrected chi connectivity index (χ3v) is 4.06. The van der Waals surface area contributed by atoms with E-state index in [9.17, 15) is 0 Å². The molecule has 0 aliphatic heterocycles. The highest BCUT2D eigenvalue weighted by Gasteiger charge is 2.39. The predicted molar refractivity (Wildman–Crippen MR) is 62.1 cm³/mol. The first kappa shape index (κ1) is 9.99. The molecule has 0 aromatic carbocycles. The Kier molecular flexibility index (Phi) is 2.12. The van der Waals surface area contributed by atoms with Crippen LogP contribution in [0.2, 0.25) is 0 Å². The topological polar surface area (TPSA) is 64.9 Å². The highest BCUT2D eigenvalue weighted by atomic mass is 32.1. The minimum Gasteiger partial charge on any atom is -0.333 e. The molecule has 16 heavy (non-hydrogen) atoms. The average molecular weight is 235 g/mol. The number of nitrogens with two attached hydrogens (primary N) is 1. The van der Waals surface area contributed by atoms with Gasteiger partial charge in [0.15, 0.2) is 5.82 Å². The van der Waals surface area contributed by atoms with Crippen molar-refractivity contribution in [2.45, 2.75) is 31.7 Å². The molecule has 1 saturated carbocycles. The van der Waals surface area contributed by atoms with Crippen molar-refractivity contribution < 1.29 is 4.52 Å². The summed E-state index contributed by atoms with van der Waals surface area (Å²) in [6, 6.07) is 4.05. The Balaban J connectivity index is 1.93. The molecule has 0 atom stereocenters. The third-order valence-electron chi connectivity index (χ3n) is 3.07. The maximum atomic E-state index is 6.14. The van der Waals surface area contributed by atoms with Gasteiger partial charge in [0, 0.05) is 4.88 Å². The molecule has 4 nitrogen and oxygen atoms in total. The summed E-state index contributed by atoms with van der Waals surface area (Å²) in [4.78, 5) is 6.65. The van der Waals surface area contributed by atoms with Crippen LogP contribution in [0.4, 0.5) is 0 Å². The molecule has 0 saturated heterocycles. The third kappa shape index (κ3) is 1.47. The molecule has 2 N–H and O–H groups in total. The summed E-state index contributed by atoms with van der Waals surface area (Å²) >= 11 is 1.65. The van der Waals surface area contributed by atoms with E-state index in [1.54, 1.807) is 11.3 Å². The number of hydrogen-bond acceptors (Lipinski definition) is 5. The van der Waals surface area contributed by atoms with Crippen molar-refractivity contribution in [1.29, 1.82) is 0 Å². The molecule has 2 aromatic heterocycles. The molecule has 1 aliphatic rings. The fraction of sp³-hybridized carbons (Fsp3) is 0.455. The van der Waals surface area contributed by atoms with Crippen molar-refractivity contribution in [2.75, 3.05) is 0 Å². The highest BCUT2D eigenvalue weighted by molar-refractivity contribution is 7.15. The number of nitrogens with zero attached hydrogens (tertiary/aromatic N) is 2. The number of aryl methyl sites for hydroxylation is 1. The Hall–Kier alpha value is -1.20. The summed E-state index contributed by atoms with van der Waals surface area (Å²) in [6.45, 7) is 2.06. The van der Waals surface area contributed by atoms with Gasteiger partial charge in [-0.15, -0.1) is 11.3 Å². The summed E-state index contributed by atoms with van der Waals surface area (Å²) in [5.74, 6) is 1.24. The van der Waals surface area contributed by atoms with Gasteiger partial charge in [0.2, 0.25) is 0 Å². The molecule has 0 radical (unpaired) electrons. The first-order valence-electron chi connectivity index (χ1n) is 5.37. The Morgan fingerprint density at radius 3 is 2.81 bits per heavy atom. The van der Waals surface area contributed by atoms with Crippen LogP contribution in [-0.4, -0.2) is 10.1 Å². The zero-order valence-electron chi connectivity index (χ0n) is 9.06. The standard InChI is InChI=1S/C11H13N3OS/c1-7-3-4-8(16-7)9-13-10(14-15-9)11(12)5-2-6-11/h3-4H,2,5-6,12H2,1H3. The first-order valence-corrected chi connectivity index (χ1v) is 6.19. The van der Waals surface area contributed by atoms with Gasteiger partial charge in [0.25, 0.3) is 5.89 Å². The minimum absolute atomic E-state index is 0.339. The minimum atomic E-state index is -0.339. The largest absolute Gasteiger partial charge is 0.333 e. The van der Waals surface area contributed by atoms with Gasteiger partial charge >= 0.3 is 0 Å². The normalized spacial score (nSPS) is 18.4. The Morgan fingerprint density at radius 1 is 1.44 bits per heavy atom. The van der Waals surface area contributed by atoms with Crippen molar-refractivity contribution in [1.82, 2.24) is 10.1 Å². The molecular formula is C11H13N3OS. The average Bonchev–Trinajstić information content (AvgIpc) is 2.82. The molecule has 5 heteroatoms. The van der Waals surface area contributed by atoms with E-state index < -0.39 is 0 Å². The number of thiophene rings is 1. The van der Waals surface area contributed by atoms with Gasteiger partial charge in [-0.1, -0.05) is 5.16 Å². The van der Waals surface area contributed by atoms with Crippen molar-refractivity contribution in [3.05, 3.63) is 22.8 Å². The molecule has 1 aliphatic carbocycles. The van der Waals surface area contributed by atoms with Gasteiger partial charge in [0.05, 0.1) is 10.4 Å². The number of rotatable bonds is 2. The predicted octanol–water partition coefficient (Wildman–Crippen LogP) is 2.44. The van der Waals surface area contributed by atoms with E-state index in [1.165, 1.54) is 4.88 Å². The zero-order chi connectivity index (χ0) is 11.2. The van der Waals surface area contributed by atoms with Gasteiger partial charge in [-0.05, 0) is 38.3 Å². The van der Waals surface area contributed by atoms with Crippen LogP contribution in [0.25, 0.3) is 10.8 Å². The van der Waals surface area contributed by atoms with E-state index in [1.807, 2.05) is 12.1 Å².